The first-order valence-electron chi connectivity index (χ1n) is 7.05. The van der Waals surface area contributed by atoms with Gasteiger partial charge in [-0.3, -0.25) is 0 Å². The fourth-order valence-corrected chi connectivity index (χ4v) is 5.01. The van der Waals surface area contributed by atoms with Crippen LogP contribution in [0.25, 0.3) is 0 Å². The first-order valence-corrected chi connectivity index (χ1v) is 8.83. The molecular formula is C14H29P. The number of hydrogen-bond donors (Lipinski definition) is 0. The zero-order valence-corrected chi connectivity index (χ0v) is 11.7. The third kappa shape index (κ3) is 6.56. The summed E-state index contributed by atoms with van der Waals surface area (Å²) in [6.45, 7) is 4.88. The second-order valence-electron chi connectivity index (χ2n) is 5.31. The van der Waals surface area contributed by atoms with Gasteiger partial charge in [0.1, 0.15) is 0 Å². The summed E-state index contributed by atoms with van der Waals surface area (Å²) in [6, 6.07) is 0. The van der Waals surface area contributed by atoms with Crippen LogP contribution in [0.3, 0.4) is 0 Å². The van der Waals surface area contributed by atoms with Crippen molar-refractivity contribution in [1.82, 2.24) is 0 Å². The SMILES string of the molecule is CC(C)P1CCCCCCCCCCC1. The minimum atomic E-state index is 0.376. The molecule has 0 aromatic carbocycles. The van der Waals surface area contributed by atoms with Crippen molar-refractivity contribution in [2.24, 2.45) is 0 Å². The van der Waals surface area contributed by atoms with E-state index in [1.165, 1.54) is 57.8 Å². The molecule has 0 unspecified atom stereocenters. The Bertz CT molecular complexity index is 130. The predicted octanol–water partition coefficient (Wildman–Crippen LogP) is 5.40. The molecule has 1 fully saturated rings. The van der Waals surface area contributed by atoms with Gasteiger partial charge in [-0.2, -0.15) is 0 Å². The first kappa shape index (κ1) is 13.5. The van der Waals surface area contributed by atoms with Crippen molar-refractivity contribution in [2.45, 2.75) is 77.3 Å². The Morgan fingerprint density at radius 2 is 0.933 bits per heavy atom. The van der Waals surface area contributed by atoms with E-state index in [4.69, 9.17) is 0 Å². The lowest BCUT2D eigenvalue weighted by Gasteiger charge is -2.22. The van der Waals surface area contributed by atoms with E-state index in [-0.39, 0.29) is 0 Å². The zero-order valence-electron chi connectivity index (χ0n) is 10.8. The average molecular weight is 228 g/mol. The standard InChI is InChI=1S/C14H29P/c1-14(2)15-12-10-8-6-4-3-5-7-9-11-13-15/h14H,3-13H2,1-2H3. The van der Waals surface area contributed by atoms with E-state index in [0.717, 1.165) is 5.66 Å². The van der Waals surface area contributed by atoms with Gasteiger partial charge in [-0.05, 0) is 30.8 Å². The third-order valence-electron chi connectivity index (χ3n) is 3.62. The fourth-order valence-electron chi connectivity index (χ4n) is 2.50. The molecule has 0 nitrogen and oxygen atoms in total. The van der Waals surface area contributed by atoms with Gasteiger partial charge in [0.15, 0.2) is 0 Å². The van der Waals surface area contributed by atoms with Gasteiger partial charge < -0.3 is 0 Å². The summed E-state index contributed by atoms with van der Waals surface area (Å²) in [6.07, 6.45) is 16.7. The molecule has 0 amide bonds. The van der Waals surface area contributed by atoms with Crippen LogP contribution in [0.2, 0.25) is 0 Å². The Labute approximate surface area is 98.0 Å². The topological polar surface area (TPSA) is 0 Å². The average Bonchev–Trinajstić information content (AvgIpc) is 2.18. The molecule has 0 saturated carbocycles. The van der Waals surface area contributed by atoms with E-state index < -0.39 is 0 Å². The lowest BCUT2D eigenvalue weighted by Crippen LogP contribution is -2.02. The Kier molecular flexibility index (Phi) is 7.71. The summed E-state index contributed by atoms with van der Waals surface area (Å²) in [5.41, 5.74) is 0.975. The van der Waals surface area contributed by atoms with Crippen molar-refractivity contribution >= 4 is 7.92 Å². The van der Waals surface area contributed by atoms with Crippen molar-refractivity contribution < 1.29 is 0 Å². The molecule has 0 N–H and O–H groups in total. The van der Waals surface area contributed by atoms with Crippen LogP contribution in [0, 0.1) is 0 Å². The Balaban J connectivity index is 2.25. The van der Waals surface area contributed by atoms with E-state index in [2.05, 4.69) is 13.8 Å². The predicted molar refractivity (Wildman–Crippen MR) is 73.3 cm³/mol. The summed E-state index contributed by atoms with van der Waals surface area (Å²) in [5, 5.41) is 0. The van der Waals surface area contributed by atoms with Crippen molar-refractivity contribution in [3.8, 4) is 0 Å². The van der Waals surface area contributed by atoms with Crippen LogP contribution in [0.15, 0.2) is 0 Å². The Hall–Kier alpha value is 0.430. The van der Waals surface area contributed by atoms with Gasteiger partial charge in [0.2, 0.25) is 0 Å². The highest BCUT2D eigenvalue weighted by atomic mass is 31.1. The first-order chi connectivity index (χ1) is 7.30. The van der Waals surface area contributed by atoms with Crippen LogP contribution in [-0.2, 0) is 0 Å². The largest absolute Gasteiger partial charge is 0.104 e. The van der Waals surface area contributed by atoms with E-state index in [9.17, 15) is 0 Å². The smallest absolute Gasteiger partial charge is 0.0266 e. The molecule has 0 aromatic rings. The van der Waals surface area contributed by atoms with Gasteiger partial charge >= 0.3 is 0 Å². The van der Waals surface area contributed by atoms with Crippen LogP contribution >= 0.6 is 7.92 Å². The van der Waals surface area contributed by atoms with Crippen LogP contribution < -0.4 is 0 Å². The van der Waals surface area contributed by atoms with Crippen LogP contribution in [-0.4, -0.2) is 18.0 Å². The van der Waals surface area contributed by atoms with E-state index in [1.807, 2.05) is 0 Å². The lowest BCUT2D eigenvalue weighted by molar-refractivity contribution is 0.569. The summed E-state index contributed by atoms with van der Waals surface area (Å²) in [7, 11) is 0.376. The number of rotatable bonds is 1. The summed E-state index contributed by atoms with van der Waals surface area (Å²) in [4.78, 5) is 0. The maximum Gasteiger partial charge on any atom is -0.0266 e. The van der Waals surface area contributed by atoms with Crippen LogP contribution in [0.4, 0.5) is 0 Å². The summed E-state index contributed by atoms with van der Waals surface area (Å²) >= 11 is 0. The fraction of sp³-hybridized carbons (Fsp3) is 1.00. The molecule has 1 aliphatic rings. The summed E-state index contributed by atoms with van der Waals surface area (Å²) < 4.78 is 0. The molecule has 0 spiro atoms. The second-order valence-corrected chi connectivity index (χ2v) is 8.42. The molecule has 0 bridgehead atoms. The van der Waals surface area contributed by atoms with Crippen LogP contribution in [0.5, 0.6) is 0 Å². The minimum Gasteiger partial charge on any atom is -0.104 e. The molecule has 0 atom stereocenters. The molecule has 1 aliphatic heterocycles. The molecule has 15 heavy (non-hydrogen) atoms. The molecule has 0 radical (unpaired) electrons. The Morgan fingerprint density at radius 1 is 0.600 bits per heavy atom. The van der Waals surface area contributed by atoms with Crippen molar-refractivity contribution in [2.75, 3.05) is 12.3 Å². The Morgan fingerprint density at radius 3 is 1.27 bits per heavy atom. The van der Waals surface area contributed by atoms with Crippen LogP contribution in [0.1, 0.15) is 71.6 Å². The van der Waals surface area contributed by atoms with Gasteiger partial charge in [-0.1, -0.05) is 58.8 Å². The zero-order chi connectivity index (χ0) is 10.9. The van der Waals surface area contributed by atoms with E-state index in [0.29, 0.717) is 7.92 Å². The molecule has 90 valence electrons. The lowest BCUT2D eigenvalue weighted by atomic mass is 10.1. The van der Waals surface area contributed by atoms with Gasteiger partial charge in [0, 0.05) is 0 Å². The molecular weight excluding hydrogens is 199 g/mol. The molecule has 0 aromatic heterocycles. The number of hydrogen-bond acceptors (Lipinski definition) is 0. The highest BCUT2D eigenvalue weighted by molar-refractivity contribution is 7.58. The maximum absolute atomic E-state index is 2.44. The van der Waals surface area contributed by atoms with Gasteiger partial charge in [-0.15, -0.1) is 7.92 Å². The van der Waals surface area contributed by atoms with Crippen molar-refractivity contribution in [1.29, 1.82) is 0 Å². The van der Waals surface area contributed by atoms with Gasteiger partial charge in [-0.25, -0.2) is 0 Å². The minimum absolute atomic E-state index is 0.376. The molecule has 0 aliphatic carbocycles. The van der Waals surface area contributed by atoms with Crippen molar-refractivity contribution in [3.63, 3.8) is 0 Å². The molecule has 1 heterocycles. The van der Waals surface area contributed by atoms with Gasteiger partial charge in [0.05, 0.1) is 0 Å². The molecule has 1 saturated heterocycles. The van der Waals surface area contributed by atoms with E-state index in [1.54, 1.807) is 12.3 Å². The highest BCUT2D eigenvalue weighted by Crippen LogP contribution is 2.43. The third-order valence-corrected chi connectivity index (χ3v) is 6.86. The second kappa shape index (κ2) is 8.57. The normalized spacial score (nSPS) is 23.4. The summed E-state index contributed by atoms with van der Waals surface area (Å²) in [5.74, 6) is 0. The maximum atomic E-state index is 2.44. The molecule has 1 heteroatoms. The van der Waals surface area contributed by atoms with Gasteiger partial charge in [0.25, 0.3) is 0 Å². The van der Waals surface area contributed by atoms with Crippen molar-refractivity contribution in [3.05, 3.63) is 0 Å². The molecule has 1 rings (SSSR count). The van der Waals surface area contributed by atoms with E-state index >= 15 is 0 Å². The highest BCUT2D eigenvalue weighted by Gasteiger charge is 2.11. The monoisotopic (exact) mass is 228 g/mol. The quantitative estimate of drug-likeness (QED) is 0.527.